The molecule has 1 aromatic heterocycles. The van der Waals surface area contributed by atoms with E-state index in [0.29, 0.717) is 94.5 Å². The molecule has 23 heteroatoms. The van der Waals surface area contributed by atoms with Crippen molar-refractivity contribution in [3.8, 4) is 11.8 Å². The number of alkyl halides is 2. The summed E-state index contributed by atoms with van der Waals surface area (Å²) in [7, 11) is 1.64. The molecule has 0 spiro atoms. The molecule has 67 heavy (non-hydrogen) atoms. The molecule has 0 saturated carbocycles. The number of pyridine rings is 1. The molecule has 366 valence electrons. The van der Waals surface area contributed by atoms with Crippen LogP contribution in [0.25, 0.3) is 10.9 Å². The molecule has 2 unspecified atom stereocenters. The number of nitrogens with zero attached hydrogens (tertiary/aromatic N) is 7. The van der Waals surface area contributed by atoms with Crippen molar-refractivity contribution in [3.63, 3.8) is 0 Å². The second kappa shape index (κ2) is 24.1. The number of likely N-dealkylation sites (tertiary alicyclic amines) is 2. The molecule has 1 aromatic carbocycles. The summed E-state index contributed by atoms with van der Waals surface area (Å²) in [5.41, 5.74) is -0.187. The highest BCUT2D eigenvalue weighted by Gasteiger charge is 2.47. The lowest BCUT2D eigenvalue weighted by Crippen LogP contribution is -2.59. The van der Waals surface area contributed by atoms with Crippen molar-refractivity contribution in [1.29, 1.82) is 5.26 Å². The zero-order chi connectivity index (χ0) is 48.7. The minimum absolute atomic E-state index is 0.140. The number of aliphatic carboxylic acids is 3. The van der Waals surface area contributed by atoms with Gasteiger partial charge in [0.2, 0.25) is 17.7 Å². The zero-order valence-electron chi connectivity index (χ0n) is 37.6. The average Bonchev–Trinajstić information content (AvgIpc) is 3.79. The normalized spacial score (nSPS) is 19.7. The Morgan fingerprint density at radius 3 is 2.27 bits per heavy atom. The average molecular weight is 943 g/mol. The number of carbonyl (C=O) groups excluding carboxylic acids is 4. The van der Waals surface area contributed by atoms with Crippen LogP contribution in [0, 0.1) is 11.3 Å². The molecule has 5 rings (SSSR count). The van der Waals surface area contributed by atoms with Crippen LogP contribution in [0.5, 0.6) is 5.75 Å². The van der Waals surface area contributed by atoms with E-state index in [-0.39, 0.29) is 69.1 Å². The highest BCUT2D eigenvalue weighted by Crippen LogP contribution is 2.32. The first-order chi connectivity index (χ1) is 31.8. The largest absolute Gasteiger partial charge is 0.494 e. The summed E-state index contributed by atoms with van der Waals surface area (Å²) < 4.78 is 33.5. The third kappa shape index (κ3) is 15.8. The van der Waals surface area contributed by atoms with E-state index >= 15 is 0 Å². The highest BCUT2D eigenvalue weighted by molar-refractivity contribution is 6.07. The molecular weight excluding hydrogens is 883 g/mol. The number of carbonyl (C=O) groups is 7. The van der Waals surface area contributed by atoms with E-state index in [1.807, 2.05) is 4.90 Å². The van der Waals surface area contributed by atoms with Crippen LogP contribution >= 0.6 is 0 Å². The number of ether oxygens (including phenoxy) is 1. The van der Waals surface area contributed by atoms with Gasteiger partial charge in [0, 0.05) is 81.8 Å². The predicted octanol–water partition coefficient (Wildman–Crippen LogP) is 0.292. The fourth-order valence-corrected chi connectivity index (χ4v) is 8.93. The first-order valence-corrected chi connectivity index (χ1v) is 22.3. The Bertz CT molecular complexity index is 2130. The number of likely N-dealkylation sites (N-methyl/N-ethyl adjacent to an activating group) is 1. The molecule has 2 aromatic rings. The van der Waals surface area contributed by atoms with E-state index in [0.717, 1.165) is 4.90 Å². The predicted molar refractivity (Wildman–Crippen MR) is 235 cm³/mol. The van der Waals surface area contributed by atoms with Gasteiger partial charge in [-0.1, -0.05) is 6.42 Å². The van der Waals surface area contributed by atoms with Crippen LogP contribution in [0.3, 0.4) is 0 Å². The number of aromatic nitrogens is 1. The molecule has 6 N–H and O–H groups in total. The van der Waals surface area contributed by atoms with Crippen molar-refractivity contribution in [2.24, 2.45) is 0 Å². The fraction of sp³-hybridized carbons (Fsp3) is 0.614. The van der Waals surface area contributed by atoms with Gasteiger partial charge in [-0.15, -0.1) is 0 Å². The molecular formula is C44H60F2N10O11. The Morgan fingerprint density at radius 2 is 1.60 bits per heavy atom. The van der Waals surface area contributed by atoms with Crippen LogP contribution in [0.1, 0.15) is 61.7 Å². The van der Waals surface area contributed by atoms with Gasteiger partial charge in [-0.2, -0.15) is 5.26 Å². The zero-order valence-corrected chi connectivity index (χ0v) is 37.6. The number of nitriles is 1. The van der Waals surface area contributed by atoms with Crippen molar-refractivity contribution >= 4 is 52.4 Å². The van der Waals surface area contributed by atoms with Crippen LogP contribution in [-0.2, 0) is 28.8 Å². The molecule has 21 nitrogen and oxygen atoms in total. The van der Waals surface area contributed by atoms with E-state index in [2.05, 4.69) is 20.9 Å². The molecule has 4 amide bonds. The standard InChI is InChI=1S/C44H60F2N10O11/c1-52(24-39(60)61)43(27-54(25-40(62)63)15-16-55(28-43)26-41(64)65)11-3-2-6-36(57)51-30-10-14-53(22-30)23-37(58)49-12-4-5-17-67-32-7-8-35-34(18-32)33(9-13-48-35)42(66)50-21-38(59)56-29-44(45,46)19-31(56)20-47/h7-9,13,18,30-31H,2-6,10-12,14-17,19,21-29H2,1H3,(H,49,58)(H,50,66)(H,51,57)(H,60,61)(H,62,63)(H,64,65). The van der Waals surface area contributed by atoms with Crippen molar-refractivity contribution in [2.75, 3.05) is 98.7 Å². The van der Waals surface area contributed by atoms with Crippen molar-refractivity contribution in [3.05, 3.63) is 36.0 Å². The van der Waals surface area contributed by atoms with Gasteiger partial charge in [0.25, 0.3) is 11.8 Å². The number of nitrogens with one attached hydrogen (secondary N) is 3. The number of unbranched alkanes of at least 4 members (excludes halogenated alkanes) is 2. The first-order valence-electron chi connectivity index (χ1n) is 22.3. The monoisotopic (exact) mass is 942 g/mol. The summed E-state index contributed by atoms with van der Waals surface area (Å²) in [5, 5.41) is 46.6. The van der Waals surface area contributed by atoms with Gasteiger partial charge in [-0.05, 0) is 63.4 Å². The summed E-state index contributed by atoms with van der Waals surface area (Å²) in [5.74, 6) is -7.60. The van der Waals surface area contributed by atoms with E-state index in [4.69, 9.17) is 4.74 Å². The second-order valence-corrected chi connectivity index (χ2v) is 17.5. The topological polar surface area (TPSA) is 278 Å². The van der Waals surface area contributed by atoms with E-state index < -0.39 is 66.7 Å². The minimum Gasteiger partial charge on any atom is -0.494 e. The summed E-state index contributed by atoms with van der Waals surface area (Å²) in [6.07, 6.45) is 4.17. The molecule has 0 aliphatic carbocycles. The Hall–Kier alpha value is -6.09. The molecule has 2 atom stereocenters. The van der Waals surface area contributed by atoms with E-state index in [1.165, 1.54) is 12.3 Å². The Labute approximate surface area is 386 Å². The molecule has 0 bridgehead atoms. The van der Waals surface area contributed by atoms with E-state index in [9.17, 15) is 62.9 Å². The van der Waals surface area contributed by atoms with Crippen molar-refractivity contribution in [2.45, 2.75) is 74.9 Å². The fourth-order valence-electron chi connectivity index (χ4n) is 8.93. The Morgan fingerprint density at radius 1 is 0.881 bits per heavy atom. The molecule has 4 heterocycles. The maximum absolute atomic E-state index is 13.8. The number of carboxylic acid groups (broad SMARTS) is 3. The number of amides is 4. The highest BCUT2D eigenvalue weighted by atomic mass is 19.3. The lowest BCUT2D eigenvalue weighted by Gasteiger charge is -2.44. The number of fused-ring (bicyclic) bond motifs is 1. The number of rotatable bonds is 24. The van der Waals surface area contributed by atoms with Crippen LogP contribution in [0.15, 0.2) is 30.5 Å². The van der Waals surface area contributed by atoms with Crippen LogP contribution in [-0.4, -0.2) is 209 Å². The van der Waals surface area contributed by atoms with Gasteiger partial charge in [0.1, 0.15) is 11.8 Å². The third-order valence-electron chi connectivity index (χ3n) is 12.2. The molecule has 3 saturated heterocycles. The minimum atomic E-state index is -3.17. The summed E-state index contributed by atoms with van der Waals surface area (Å²) >= 11 is 0. The number of hydrogen-bond acceptors (Lipinski definition) is 14. The Kier molecular flexibility index (Phi) is 18.7. The number of hydrogen-bond donors (Lipinski definition) is 6. The van der Waals surface area contributed by atoms with E-state index in [1.54, 1.807) is 46.0 Å². The molecule has 3 aliphatic heterocycles. The molecule has 0 radical (unpaired) electrons. The molecule has 3 fully saturated rings. The summed E-state index contributed by atoms with van der Waals surface area (Å²) in [4.78, 5) is 98.3. The Balaban J connectivity index is 0.986. The maximum atomic E-state index is 13.8. The van der Waals surface area contributed by atoms with Crippen molar-refractivity contribution in [1.82, 2.24) is 45.4 Å². The van der Waals surface area contributed by atoms with Crippen LogP contribution < -0.4 is 20.7 Å². The number of halogens is 2. The first kappa shape index (κ1) is 51.9. The van der Waals surface area contributed by atoms with Crippen LogP contribution in [0.2, 0.25) is 0 Å². The van der Waals surface area contributed by atoms with Gasteiger partial charge < -0.3 is 40.9 Å². The van der Waals surface area contributed by atoms with Gasteiger partial charge >= 0.3 is 17.9 Å². The molecule has 3 aliphatic rings. The third-order valence-corrected chi connectivity index (χ3v) is 12.2. The number of benzene rings is 1. The van der Waals surface area contributed by atoms with Gasteiger partial charge in [0.05, 0.1) is 63.0 Å². The maximum Gasteiger partial charge on any atom is 0.317 e. The quantitative estimate of drug-likeness (QED) is 0.0772. The van der Waals surface area contributed by atoms with Crippen LogP contribution in [0.4, 0.5) is 8.78 Å². The van der Waals surface area contributed by atoms with Gasteiger partial charge in [-0.25, -0.2) is 8.78 Å². The summed E-state index contributed by atoms with van der Waals surface area (Å²) in [6.45, 7) is 0.738. The number of carboxylic acids is 3. The summed E-state index contributed by atoms with van der Waals surface area (Å²) in [6, 6.07) is 6.77. The lowest BCUT2D eigenvalue weighted by atomic mass is 9.88. The lowest BCUT2D eigenvalue weighted by molar-refractivity contribution is -0.142. The van der Waals surface area contributed by atoms with Gasteiger partial charge in [0.15, 0.2) is 0 Å². The van der Waals surface area contributed by atoms with Crippen molar-refractivity contribution < 1.29 is 62.4 Å². The van der Waals surface area contributed by atoms with Gasteiger partial charge in [-0.3, -0.25) is 58.1 Å². The SMILES string of the molecule is CN(CC(=O)O)C1(CCCCC(=O)NC2CCN(CC(=O)NCCCCOc3ccc4nccc(C(=O)NCC(=O)N5CC(F)(F)CC5C#N)c4c3)C2)CN(CC(=O)O)CCN(CC(=O)O)C1. The second-order valence-electron chi connectivity index (χ2n) is 17.5. The smallest absolute Gasteiger partial charge is 0.317 e.